The second kappa shape index (κ2) is 7.30. The predicted octanol–water partition coefficient (Wildman–Crippen LogP) is 4.17. The first-order valence-corrected chi connectivity index (χ1v) is 10.7. The number of benzene rings is 2. The van der Waals surface area contributed by atoms with Gasteiger partial charge in [-0.1, -0.05) is 36.4 Å². The summed E-state index contributed by atoms with van der Waals surface area (Å²) in [4.78, 5) is 0.411. The second-order valence-corrected chi connectivity index (χ2v) is 9.46. The topological polar surface area (TPSA) is 37.4 Å². The zero-order valence-corrected chi connectivity index (χ0v) is 15.7. The highest BCUT2D eigenvalue weighted by molar-refractivity contribution is 7.99. The van der Waals surface area contributed by atoms with E-state index in [1.165, 1.54) is 5.56 Å². The molecule has 1 atom stereocenters. The molecule has 0 aromatic heterocycles. The van der Waals surface area contributed by atoms with E-state index in [1.807, 2.05) is 49.9 Å². The summed E-state index contributed by atoms with van der Waals surface area (Å²) in [5, 5.41) is 0.367. The third-order valence-electron chi connectivity index (χ3n) is 4.59. The Balaban J connectivity index is 1.79. The van der Waals surface area contributed by atoms with E-state index in [0.717, 1.165) is 23.3 Å². The number of thioether (sulfide) groups is 1. The normalized spacial score (nSPS) is 19.8. The lowest BCUT2D eigenvalue weighted by molar-refractivity contribution is 0.428. The predicted molar refractivity (Wildman–Crippen MR) is 101 cm³/mol. The fourth-order valence-corrected chi connectivity index (χ4v) is 5.84. The Bertz CT molecular complexity index is 803. The molecule has 0 spiro atoms. The average molecular weight is 362 g/mol. The van der Waals surface area contributed by atoms with Gasteiger partial charge in [0, 0.05) is 24.1 Å². The van der Waals surface area contributed by atoms with Gasteiger partial charge in [-0.05, 0) is 49.1 Å². The van der Waals surface area contributed by atoms with Crippen LogP contribution >= 0.6 is 11.8 Å². The van der Waals surface area contributed by atoms with Crippen LogP contribution in [0.5, 0.6) is 0 Å². The third-order valence-corrected chi connectivity index (χ3v) is 7.81. The Hall–Kier alpha value is -1.30. The highest BCUT2D eigenvalue weighted by atomic mass is 32.2. The second-order valence-electron chi connectivity index (χ2n) is 6.21. The quantitative estimate of drug-likeness (QED) is 0.823. The Morgan fingerprint density at radius 2 is 1.75 bits per heavy atom. The molecule has 1 heterocycles. The summed E-state index contributed by atoms with van der Waals surface area (Å²) >= 11 is 1.85. The average Bonchev–Trinajstić information content (AvgIpc) is 2.84. The molecule has 0 N–H and O–H groups in total. The highest BCUT2D eigenvalue weighted by Gasteiger charge is 2.28. The van der Waals surface area contributed by atoms with Crippen LogP contribution in [0.2, 0.25) is 0 Å². The molecule has 0 saturated carbocycles. The first-order chi connectivity index (χ1) is 11.5. The molecule has 2 aromatic carbocycles. The molecule has 3 nitrogen and oxygen atoms in total. The van der Waals surface area contributed by atoms with E-state index in [1.54, 1.807) is 16.4 Å². The smallest absolute Gasteiger partial charge is 0.207 e. The maximum atomic E-state index is 13.0. The molecular weight excluding hydrogens is 338 g/mol. The number of hydrogen-bond donors (Lipinski definition) is 0. The van der Waals surface area contributed by atoms with Gasteiger partial charge in [0.2, 0.25) is 10.0 Å². The Kier molecular flexibility index (Phi) is 5.33. The van der Waals surface area contributed by atoms with Gasteiger partial charge in [0.05, 0.1) is 4.90 Å². The Morgan fingerprint density at radius 1 is 1.00 bits per heavy atom. The van der Waals surface area contributed by atoms with Crippen molar-refractivity contribution in [3.63, 3.8) is 0 Å². The van der Waals surface area contributed by atoms with Crippen molar-refractivity contribution in [1.82, 2.24) is 4.31 Å². The summed E-state index contributed by atoms with van der Waals surface area (Å²) in [6, 6.07) is 15.8. The fourth-order valence-electron chi connectivity index (χ4n) is 2.95. The summed E-state index contributed by atoms with van der Waals surface area (Å²) in [6.45, 7) is 5.10. The van der Waals surface area contributed by atoms with E-state index in [2.05, 4.69) is 12.1 Å². The number of nitrogens with zero attached hydrogens (tertiary/aromatic N) is 1. The van der Waals surface area contributed by atoms with Gasteiger partial charge in [0.1, 0.15) is 0 Å². The Morgan fingerprint density at radius 3 is 2.46 bits per heavy atom. The van der Waals surface area contributed by atoms with E-state index in [-0.39, 0.29) is 0 Å². The van der Waals surface area contributed by atoms with Crippen LogP contribution in [0.15, 0.2) is 53.4 Å². The van der Waals surface area contributed by atoms with Crippen molar-refractivity contribution in [2.75, 3.05) is 18.8 Å². The van der Waals surface area contributed by atoms with Crippen molar-refractivity contribution in [3.05, 3.63) is 65.2 Å². The van der Waals surface area contributed by atoms with Crippen LogP contribution in [-0.2, 0) is 10.0 Å². The molecule has 0 radical (unpaired) electrons. The van der Waals surface area contributed by atoms with Gasteiger partial charge >= 0.3 is 0 Å². The number of aryl methyl sites for hydroxylation is 2. The lowest BCUT2D eigenvalue weighted by Crippen LogP contribution is -2.33. The van der Waals surface area contributed by atoms with Gasteiger partial charge < -0.3 is 0 Å². The number of hydrogen-bond acceptors (Lipinski definition) is 3. The van der Waals surface area contributed by atoms with Crippen LogP contribution < -0.4 is 0 Å². The fraction of sp³-hybridized carbons (Fsp3) is 0.368. The zero-order chi connectivity index (χ0) is 17.2. The van der Waals surface area contributed by atoms with E-state index >= 15 is 0 Å². The molecular formula is C19H23NO2S2. The molecule has 3 rings (SSSR count). The van der Waals surface area contributed by atoms with Crippen LogP contribution in [-0.4, -0.2) is 31.6 Å². The third kappa shape index (κ3) is 3.68. The number of rotatable bonds is 3. The van der Waals surface area contributed by atoms with Crippen molar-refractivity contribution in [1.29, 1.82) is 0 Å². The molecule has 5 heteroatoms. The van der Waals surface area contributed by atoms with Gasteiger partial charge in [-0.15, -0.1) is 0 Å². The van der Waals surface area contributed by atoms with Crippen molar-refractivity contribution >= 4 is 21.8 Å². The van der Waals surface area contributed by atoms with Crippen LogP contribution in [0, 0.1) is 13.8 Å². The standard InChI is InChI=1S/C19H23NO2S2/c1-15-8-9-18(14-16(15)2)24(21,22)20-11-10-19(23-13-12-20)17-6-4-3-5-7-17/h3-9,14,19H,10-13H2,1-2H3. The van der Waals surface area contributed by atoms with Crippen molar-refractivity contribution in [3.8, 4) is 0 Å². The van der Waals surface area contributed by atoms with Gasteiger partial charge in [0.25, 0.3) is 0 Å². The Labute approximate surface area is 149 Å². The van der Waals surface area contributed by atoms with Crippen molar-refractivity contribution in [2.24, 2.45) is 0 Å². The van der Waals surface area contributed by atoms with Gasteiger partial charge in [-0.3, -0.25) is 0 Å². The first-order valence-electron chi connectivity index (χ1n) is 8.22. The number of sulfonamides is 1. The van der Waals surface area contributed by atoms with E-state index in [4.69, 9.17) is 0 Å². The molecule has 1 unspecified atom stereocenters. The molecule has 1 fully saturated rings. The van der Waals surface area contributed by atoms with Crippen LogP contribution in [0.3, 0.4) is 0 Å². The molecule has 0 aliphatic carbocycles. The molecule has 0 bridgehead atoms. The molecule has 24 heavy (non-hydrogen) atoms. The van der Waals surface area contributed by atoms with Crippen molar-refractivity contribution < 1.29 is 8.42 Å². The van der Waals surface area contributed by atoms with Crippen molar-refractivity contribution in [2.45, 2.75) is 30.4 Å². The van der Waals surface area contributed by atoms with Crippen LogP contribution in [0.25, 0.3) is 0 Å². The minimum absolute atomic E-state index is 0.367. The summed E-state index contributed by atoms with van der Waals surface area (Å²) in [5.74, 6) is 0.823. The summed E-state index contributed by atoms with van der Waals surface area (Å²) in [5.41, 5.74) is 3.42. The minimum atomic E-state index is -3.41. The van der Waals surface area contributed by atoms with Gasteiger partial charge in [-0.25, -0.2) is 8.42 Å². The SMILES string of the molecule is Cc1ccc(S(=O)(=O)N2CCSC(c3ccccc3)CC2)cc1C. The van der Waals surface area contributed by atoms with Gasteiger partial charge in [0.15, 0.2) is 0 Å². The molecule has 128 valence electrons. The molecule has 1 saturated heterocycles. The minimum Gasteiger partial charge on any atom is -0.207 e. The van der Waals surface area contributed by atoms with E-state index < -0.39 is 10.0 Å². The van der Waals surface area contributed by atoms with Crippen LogP contribution in [0.4, 0.5) is 0 Å². The lowest BCUT2D eigenvalue weighted by Gasteiger charge is -2.20. The van der Waals surface area contributed by atoms with E-state index in [0.29, 0.717) is 23.2 Å². The molecule has 1 aliphatic heterocycles. The molecule has 0 amide bonds. The summed E-state index contributed by atoms with van der Waals surface area (Å²) in [7, 11) is -3.41. The maximum absolute atomic E-state index is 13.0. The van der Waals surface area contributed by atoms with Crippen LogP contribution in [0.1, 0.15) is 28.4 Å². The molecule has 1 aliphatic rings. The lowest BCUT2D eigenvalue weighted by atomic mass is 10.1. The highest BCUT2D eigenvalue weighted by Crippen LogP contribution is 2.35. The molecule has 2 aromatic rings. The van der Waals surface area contributed by atoms with Gasteiger partial charge in [-0.2, -0.15) is 16.1 Å². The summed E-state index contributed by atoms with van der Waals surface area (Å²) < 4.78 is 27.6. The monoisotopic (exact) mass is 361 g/mol. The maximum Gasteiger partial charge on any atom is 0.243 e. The summed E-state index contributed by atoms with van der Waals surface area (Å²) in [6.07, 6.45) is 0.846. The largest absolute Gasteiger partial charge is 0.243 e. The van der Waals surface area contributed by atoms with E-state index in [9.17, 15) is 8.42 Å². The zero-order valence-electron chi connectivity index (χ0n) is 14.1. The first kappa shape index (κ1) is 17.5.